The van der Waals surface area contributed by atoms with Gasteiger partial charge in [-0.3, -0.25) is 14.5 Å². The third-order valence-electron chi connectivity index (χ3n) is 6.20. The number of urea groups is 1. The number of carbonyl (C=O) groups excluding carboxylic acids is 3. The number of imide groups is 1. The predicted molar refractivity (Wildman–Crippen MR) is 113 cm³/mol. The quantitative estimate of drug-likeness (QED) is 0.488. The molecule has 7 heteroatoms. The maximum Gasteiger partial charge on any atom is 0.325 e. The fourth-order valence-electron chi connectivity index (χ4n) is 4.57. The summed E-state index contributed by atoms with van der Waals surface area (Å²) in [6.07, 6.45) is 4.51. The highest BCUT2D eigenvalue weighted by Gasteiger charge is 2.40. The maximum absolute atomic E-state index is 12.9. The standard InChI is InChI=1S/C23H24N4O3/c1-13-9-18(14(2)27(13)16-7-8-16)21(28)12-26-22(29)20(25-23(26)30)10-15-11-24-19-6-4-3-5-17(15)19/h3-6,9,11,16,20,24H,7-8,10,12H2,1-2H3,(H,25,30). The zero-order chi connectivity index (χ0) is 21.0. The Kier molecular flexibility index (Phi) is 4.27. The van der Waals surface area contributed by atoms with Gasteiger partial charge in [-0.05, 0) is 44.4 Å². The number of aromatic amines is 1. The summed E-state index contributed by atoms with van der Waals surface area (Å²) in [5.41, 5.74) is 4.52. The molecule has 30 heavy (non-hydrogen) atoms. The van der Waals surface area contributed by atoms with Gasteiger partial charge in [0.1, 0.15) is 6.04 Å². The van der Waals surface area contributed by atoms with Gasteiger partial charge in [0, 0.05) is 46.5 Å². The number of Topliss-reactive ketones (excluding diaryl/α,β-unsaturated/α-hetero) is 1. The van der Waals surface area contributed by atoms with E-state index in [2.05, 4.69) is 14.9 Å². The molecule has 5 rings (SSSR count). The normalized spacial score (nSPS) is 19.0. The van der Waals surface area contributed by atoms with E-state index in [9.17, 15) is 14.4 Å². The second kappa shape index (κ2) is 6.86. The zero-order valence-electron chi connectivity index (χ0n) is 17.1. The molecule has 1 saturated heterocycles. The number of H-pyrrole nitrogens is 1. The maximum atomic E-state index is 12.9. The van der Waals surface area contributed by atoms with Crippen LogP contribution in [0.3, 0.4) is 0 Å². The van der Waals surface area contributed by atoms with Crippen LogP contribution in [0.5, 0.6) is 0 Å². The topological polar surface area (TPSA) is 87.2 Å². The van der Waals surface area contributed by atoms with E-state index in [-0.39, 0.29) is 18.2 Å². The van der Waals surface area contributed by atoms with Gasteiger partial charge in [0.05, 0.1) is 6.54 Å². The predicted octanol–water partition coefficient (Wildman–Crippen LogP) is 3.27. The average Bonchev–Trinajstić information content (AvgIpc) is 3.33. The summed E-state index contributed by atoms with van der Waals surface area (Å²) in [6, 6.07) is 9.02. The Hall–Kier alpha value is -3.35. The number of fused-ring (bicyclic) bond motifs is 1. The molecular formula is C23H24N4O3. The summed E-state index contributed by atoms with van der Waals surface area (Å²) in [4.78, 5) is 42.5. The van der Waals surface area contributed by atoms with Crippen molar-refractivity contribution in [2.24, 2.45) is 0 Å². The number of nitrogens with one attached hydrogen (secondary N) is 2. The van der Waals surface area contributed by atoms with Gasteiger partial charge in [-0.15, -0.1) is 0 Å². The molecule has 1 aromatic carbocycles. The van der Waals surface area contributed by atoms with Crippen molar-refractivity contribution in [2.45, 2.75) is 45.2 Å². The Morgan fingerprint density at radius 2 is 1.93 bits per heavy atom. The van der Waals surface area contributed by atoms with Crippen molar-refractivity contribution in [1.82, 2.24) is 19.8 Å². The first kappa shape index (κ1) is 18.7. The Balaban J connectivity index is 1.32. The fourth-order valence-corrected chi connectivity index (χ4v) is 4.57. The summed E-state index contributed by atoms with van der Waals surface area (Å²) in [5.74, 6) is -0.555. The molecule has 3 aromatic rings. The van der Waals surface area contributed by atoms with Gasteiger partial charge in [-0.25, -0.2) is 4.79 Å². The first-order chi connectivity index (χ1) is 14.4. The van der Waals surface area contributed by atoms with Crippen molar-refractivity contribution in [1.29, 1.82) is 0 Å². The van der Waals surface area contributed by atoms with E-state index in [1.165, 1.54) is 0 Å². The second-order valence-electron chi connectivity index (χ2n) is 8.30. The van der Waals surface area contributed by atoms with E-state index in [0.717, 1.165) is 45.6 Å². The molecule has 7 nitrogen and oxygen atoms in total. The van der Waals surface area contributed by atoms with Crippen LogP contribution in [-0.4, -0.2) is 44.8 Å². The number of aryl methyl sites for hydroxylation is 1. The van der Waals surface area contributed by atoms with E-state index in [1.54, 1.807) is 0 Å². The Morgan fingerprint density at radius 3 is 2.70 bits per heavy atom. The molecule has 154 valence electrons. The smallest absolute Gasteiger partial charge is 0.325 e. The summed E-state index contributed by atoms with van der Waals surface area (Å²) in [5, 5.41) is 3.77. The van der Waals surface area contributed by atoms with Crippen LogP contribution in [0.1, 0.15) is 46.2 Å². The minimum Gasteiger partial charge on any atom is -0.361 e. The molecule has 2 N–H and O–H groups in total. The van der Waals surface area contributed by atoms with Gasteiger partial charge in [0.2, 0.25) is 0 Å². The van der Waals surface area contributed by atoms with E-state index >= 15 is 0 Å². The van der Waals surface area contributed by atoms with Crippen LogP contribution in [0.4, 0.5) is 4.79 Å². The summed E-state index contributed by atoms with van der Waals surface area (Å²) < 4.78 is 2.19. The zero-order valence-corrected chi connectivity index (χ0v) is 17.1. The lowest BCUT2D eigenvalue weighted by Gasteiger charge is -2.13. The summed E-state index contributed by atoms with van der Waals surface area (Å²) in [7, 11) is 0. The Bertz CT molecular complexity index is 1180. The SMILES string of the molecule is Cc1cc(C(=O)CN2C(=O)NC(Cc3c[nH]c4ccccc34)C2=O)c(C)n1C1CC1. The minimum atomic E-state index is -0.664. The molecule has 2 fully saturated rings. The van der Waals surface area contributed by atoms with Crippen LogP contribution >= 0.6 is 0 Å². The average molecular weight is 404 g/mol. The molecule has 0 spiro atoms. The van der Waals surface area contributed by atoms with E-state index in [4.69, 9.17) is 0 Å². The molecule has 3 amide bonds. The van der Waals surface area contributed by atoms with Crippen LogP contribution in [0.25, 0.3) is 10.9 Å². The minimum absolute atomic E-state index is 0.203. The van der Waals surface area contributed by atoms with Crippen molar-refractivity contribution in [3.63, 3.8) is 0 Å². The van der Waals surface area contributed by atoms with Crippen molar-refractivity contribution in [2.75, 3.05) is 6.54 Å². The molecule has 1 atom stereocenters. The van der Waals surface area contributed by atoms with Crippen LogP contribution in [-0.2, 0) is 11.2 Å². The fraction of sp³-hybridized carbons (Fsp3) is 0.348. The third-order valence-corrected chi connectivity index (χ3v) is 6.20. The third kappa shape index (κ3) is 3.01. The first-order valence-corrected chi connectivity index (χ1v) is 10.3. The monoisotopic (exact) mass is 404 g/mol. The van der Waals surface area contributed by atoms with Crippen molar-refractivity contribution < 1.29 is 14.4 Å². The van der Waals surface area contributed by atoms with Crippen molar-refractivity contribution in [3.05, 3.63) is 59.0 Å². The lowest BCUT2D eigenvalue weighted by Crippen LogP contribution is -2.36. The number of carbonyl (C=O) groups is 3. The highest BCUT2D eigenvalue weighted by Crippen LogP contribution is 2.38. The van der Waals surface area contributed by atoms with Crippen molar-refractivity contribution in [3.8, 4) is 0 Å². The molecule has 3 heterocycles. The summed E-state index contributed by atoms with van der Waals surface area (Å²) >= 11 is 0. The van der Waals surface area contributed by atoms with Gasteiger partial charge >= 0.3 is 6.03 Å². The molecule has 0 bridgehead atoms. The number of benzene rings is 1. The molecule has 1 aliphatic heterocycles. The highest BCUT2D eigenvalue weighted by atomic mass is 16.2. The number of nitrogens with zero attached hydrogens (tertiary/aromatic N) is 2. The molecule has 2 aliphatic rings. The van der Waals surface area contributed by atoms with Crippen molar-refractivity contribution >= 4 is 28.6 Å². The Morgan fingerprint density at radius 1 is 1.17 bits per heavy atom. The number of para-hydroxylation sites is 1. The largest absolute Gasteiger partial charge is 0.361 e. The van der Waals surface area contributed by atoms with Crippen LogP contribution in [0.2, 0.25) is 0 Å². The lowest BCUT2D eigenvalue weighted by atomic mass is 10.0. The highest BCUT2D eigenvalue weighted by molar-refractivity contribution is 6.09. The lowest BCUT2D eigenvalue weighted by molar-refractivity contribution is -0.127. The van der Waals surface area contributed by atoms with E-state index in [0.29, 0.717) is 18.0 Å². The van der Waals surface area contributed by atoms with Gasteiger partial charge in [0.25, 0.3) is 5.91 Å². The molecule has 0 radical (unpaired) electrons. The number of amides is 3. The van der Waals surface area contributed by atoms with Crippen LogP contribution in [0.15, 0.2) is 36.5 Å². The Labute approximate surface area is 174 Å². The number of ketones is 1. The number of rotatable bonds is 6. The molecule has 2 aromatic heterocycles. The number of aromatic nitrogens is 2. The van der Waals surface area contributed by atoms with Gasteiger partial charge in [-0.2, -0.15) is 0 Å². The molecular weight excluding hydrogens is 380 g/mol. The van der Waals surface area contributed by atoms with Gasteiger partial charge in [0.15, 0.2) is 5.78 Å². The number of hydrogen-bond acceptors (Lipinski definition) is 3. The van der Waals surface area contributed by atoms with E-state index in [1.807, 2.05) is 50.4 Å². The van der Waals surface area contributed by atoms with Gasteiger partial charge in [-0.1, -0.05) is 18.2 Å². The first-order valence-electron chi connectivity index (χ1n) is 10.3. The van der Waals surface area contributed by atoms with E-state index < -0.39 is 12.1 Å². The number of hydrogen-bond donors (Lipinski definition) is 2. The second-order valence-corrected chi connectivity index (χ2v) is 8.30. The molecule has 1 aliphatic carbocycles. The summed E-state index contributed by atoms with van der Waals surface area (Å²) in [6.45, 7) is 3.70. The molecule has 1 saturated carbocycles. The van der Waals surface area contributed by atoms with Crippen LogP contribution < -0.4 is 5.32 Å². The molecule has 1 unspecified atom stereocenters. The van der Waals surface area contributed by atoms with Crippen LogP contribution in [0, 0.1) is 13.8 Å². The van der Waals surface area contributed by atoms with Gasteiger partial charge < -0.3 is 14.9 Å².